The van der Waals surface area contributed by atoms with Crippen LogP contribution in [0.1, 0.15) is 29.5 Å². The Labute approximate surface area is 108 Å². The standard InChI is InChI=1S/C16H18O2/c1-11-4-3-5-14(16(11)18)10-12(2)13-6-8-15(17)9-7-13/h3-9,12,17-18H,10H2,1-2H3. The van der Waals surface area contributed by atoms with Crippen molar-refractivity contribution in [2.45, 2.75) is 26.2 Å². The van der Waals surface area contributed by atoms with E-state index in [2.05, 4.69) is 6.92 Å². The van der Waals surface area contributed by atoms with Gasteiger partial charge >= 0.3 is 0 Å². The van der Waals surface area contributed by atoms with E-state index in [1.807, 2.05) is 37.3 Å². The van der Waals surface area contributed by atoms with Crippen LogP contribution >= 0.6 is 0 Å². The lowest BCUT2D eigenvalue weighted by Gasteiger charge is -2.14. The van der Waals surface area contributed by atoms with Crippen molar-refractivity contribution in [3.8, 4) is 11.5 Å². The van der Waals surface area contributed by atoms with Crippen LogP contribution < -0.4 is 0 Å². The first-order valence-corrected chi connectivity index (χ1v) is 6.14. The molecule has 1 unspecified atom stereocenters. The molecule has 0 aliphatic rings. The Morgan fingerprint density at radius 2 is 1.67 bits per heavy atom. The molecule has 2 aromatic rings. The number of aryl methyl sites for hydroxylation is 1. The molecule has 0 aliphatic carbocycles. The van der Waals surface area contributed by atoms with Crippen molar-refractivity contribution in [1.82, 2.24) is 0 Å². The van der Waals surface area contributed by atoms with E-state index < -0.39 is 0 Å². The molecular formula is C16H18O2. The molecule has 2 rings (SSSR count). The molecule has 2 N–H and O–H groups in total. The quantitative estimate of drug-likeness (QED) is 0.860. The number of rotatable bonds is 3. The predicted molar refractivity (Wildman–Crippen MR) is 73.1 cm³/mol. The van der Waals surface area contributed by atoms with Gasteiger partial charge in [-0.05, 0) is 48.1 Å². The summed E-state index contributed by atoms with van der Waals surface area (Å²) in [4.78, 5) is 0. The molecule has 2 aromatic carbocycles. The second-order valence-corrected chi connectivity index (χ2v) is 4.78. The lowest BCUT2D eigenvalue weighted by Crippen LogP contribution is -1.99. The molecule has 0 radical (unpaired) electrons. The third-order valence-electron chi connectivity index (χ3n) is 3.31. The number of benzene rings is 2. The van der Waals surface area contributed by atoms with Crippen LogP contribution in [0.25, 0.3) is 0 Å². The van der Waals surface area contributed by atoms with E-state index >= 15 is 0 Å². The third kappa shape index (κ3) is 2.65. The molecule has 1 atom stereocenters. The molecule has 0 spiro atoms. The zero-order valence-corrected chi connectivity index (χ0v) is 10.7. The molecular weight excluding hydrogens is 224 g/mol. The first-order chi connectivity index (χ1) is 8.58. The fourth-order valence-electron chi connectivity index (χ4n) is 2.14. The zero-order chi connectivity index (χ0) is 13.1. The molecule has 0 saturated carbocycles. The Morgan fingerprint density at radius 3 is 2.33 bits per heavy atom. The topological polar surface area (TPSA) is 40.5 Å². The van der Waals surface area contributed by atoms with Gasteiger partial charge in [0.25, 0.3) is 0 Å². The van der Waals surface area contributed by atoms with Crippen molar-refractivity contribution >= 4 is 0 Å². The number of phenolic OH excluding ortho intramolecular Hbond substituents is 2. The van der Waals surface area contributed by atoms with E-state index in [4.69, 9.17) is 0 Å². The van der Waals surface area contributed by atoms with E-state index in [-0.39, 0.29) is 5.75 Å². The molecule has 0 fully saturated rings. The maximum Gasteiger partial charge on any atom is 0.121 e. The number of phenols is 2. The number of hydrogen-bond acceptors (Lipinski definition) is 2. The van der Waals surface area contributed by atoms with Crippen molar-refractivity contribution in [3.63, 3.8) is 0 Å². The molecule has 0 aromatic heterocycles. The van der Waals surface area contributed by atoms with Crippen LogP contribution in [0.15, 0.2) is 42.5 Å². The third-order valence-corrected chi connectivity index (χ3v) is 3.31. The van der Waals surface area contributed by atoms with Crippen LogP contribution in [0.3, 0.4) is 0 Å². The summed E-state index contributed by atoms with van der Waals surface area (Å²) < 4.78 is 0. The van der Waals surface area contributed by atoms with Gasteiger partial charge in [-0.3, -0.25) is 0 Å². The molecule has 18 heavy (non-hydrogen) atoms. The van der Waals surface area contributed by atoms with Crippen molar-refractivity contribution in [1.29, 1.82) is 0 Å². The Hall–Kier alpha value is -1.96. The maximum atomic E-state index is 10.00. The summed E-state index contributed by atoms with van der Waals surface area (Å²) in [5, 5.41) is 19.3. The predicted octanol–water partition coefficient (Wildman–Crippen LogP) is 3.75. The minimum absolute atomic E-state index is 0.282. The minimum Gasteiger partial charge on any atom is -0.508 e. The zero-order valence-electron chi connectivity index (χ0n) is 10.7. The number of para-hydroxylation sites is 1. The first-order valence-electron chi connectivity index (χ1n) is 6.14. The lowest BCUT2D eigenvalue weighted by molar-refractivity contribution is 0.461. The molecule has 2 nitrogen and oxygen atoms in total. The van der Waals surface area contributed by atoms with Crippen molar-refractivity contribution in [2.75, 3.05) is 0 Å². The Bertz CT molecular complexity index is 529. The highest BCUT2D eigenvalue weighted by atomic mass is 16.3. The SMILES string of the molecule is Cc1cccc(CC(C)c2ccc(O)cc2)c1O. The van der Waals surface area contributed by atoms with Crippen molar-refractivity contribution in [2.24, 2.45) is 0 Å². The largest absolute Gasteiger partial charge is 0.508 e. The fourth-order valence-corrected chi connectivity index (χ4v) is 2.14. The summed E-state index contributed by atoms with van der Waals surface area (Å²) in [6.45, 7) is 4.03. The van der Waals surface area contributed by atoms with Crippen molar-refractivity contribution in [3.05, 3.63) is 59.2 Å². The average Bonchev–Trinajstić information content (AvgIpc) is 2.36. The molecule has 0 saturated heterocycles. The molecule has 0 heterocycles. The van der Waals surface area contributed by atoms with Crippen LogP contribution in [0.4, 0.5) is 0 Å². The van der Waals surface area contributed by atoms with Crippen LogP contribution in [0.5, 0.6) is 11.5 Å². The fraction of sp³-hybridized carbons (Fsp3) is 0.250. The van der Waals surface area contributed by atoms with E-state index in [9.17, 15) is 10.2 Å². The van der Waals surface area contributed by atoms with E-state index in [1.54, 1.807) is 12.1 Å². The van der Waals surface area contributed by atoms with Gasteiger partial charge in [-0.1, -0.05) is 37.3 Å². The number of hydrogen-bond donors (Lipinski definition) is 2. The minimum atomic E-state index is 0.282. The molecule has 2 heteroatoms. The smallest absolute Gasteiger partial charge is 0.121 e. The van der Waals surface area contributed by atoms with Gasteiger partial charge in [0.1, 0.15) is 11.5 Å². The molecule has 0 amide bonds. The van der Waals surface area contributed by atoms with Gasteiger partial charge in [0.2, 0.25) is 0 Å². The van der Waals surface area contributed by atoms with E-state index in [1.165, 1.54) is 0 Å². The Kier molecular flexibility index (Phi) is 3.56. The monoisotopic (exact) mass is 242 g/mol. The normalized spacial score (nSPS) is 12.3. The van der Waals surface area contributed by atoms with E-state index in [0.717, 1.165) is 23.1 Å². The second-order valence-electron chi connectivity index (χ2n) is 4.78. The summed E-state index contributed by atoms with van der Waals surface area (Å²) >= 11 is 0. The van der Waals surface area contributed by atoms with Crippen LogP contribution in [0.2, 0.25) is 0 Å². The Balaban J connectivity index is 2.18. The van der Waals surface area contributed by atoms with Gasteiger partial charge in [-0.15, -0.1) is 0 Å². The van der Waals surface area contributed by atoms with Gasteiger partial charge in [-0.25, -0.2) is 0 Å². The molecule has 94 valence electrons. The van der Waals surface area contributed by atoms with Crippen LogP contribution in [-0.4, -0.2) is 10.2 Å². The van der Waals surface area contributed by atoms with Gasteiger partial charge < -0.3 is 10.2 Å². The second kappa shape index (κ2) is 5.13. The number of aromatic hydroxyl groups is 2. The summed E-state index contributed by atoms with van der Waals surface area (Å²) in [5.41, 5.74) is 3.04. The summed E-state index contributed by atoms with van der Waals surface area (Å²) in [7, 11) is 0. The van der Waals surface area contributed by atoms with Gasteiger partial charge in [-0.2, -0.15) is 0 Å². The Morgan fingerprint density at radius 1 is 1.00 bits per heavy atom. The van der Waals surface area contributed by atoms with Crippen molar-refractivity contribution < 1.29 is 10.2 Å². The first kappa shape index (κ1) is 12.5. The maximum absolute atomic E-state index is 10.00. The van der Waals surface area contributed by atoms with Gasteiger partial charge in [0.15, 0.2) is 0 Å². The highest BCUT2D eigenvalue weighted by molar-refractivity contribution is 5.40. The molecule has 0 aliphatic heterocycles. The highest BCUT2D eigenvalue weighted by Crippen LogP contribution is 2.28. The molecule has 0 bridgehead atoms. The summed E-state index contributed by atoms with van der Waals surface area (Å²) in [6, 6.07) is 13.1. The highest BCUT2D eigenvalue weighted by Gasteiger charge is 2.10. The van der Waals surface area contributed by atoms with Gasteiger partial charge in [0, 0.05) is 0 Å². The summed E-state index contributed by atoms with van der Waals surface area (Å²) in [6.07, 6.45) is 0.790. The van der Waals surface area contributed by atoms with Crippen LogP contribution in [0, 0.1) is 6.92 Å². The average molecular weight is 242 g/mol. The van der Waals surface area contributed by atoms with E-state index in [0.29, 0.717) is 11.7 Å². The van der Waals surface area contributed by atoms with Gasteiger partial charge in [0.05, 0.1) is 0 Å². The lowest BCUT2D eigenvalue weighted by atomic mass is 9.92. The van der Waals surface area contributed by atoms with Crippen LogP contribution in [-0.2, 0) is 6.42 Å². The summed E-state index contributed by atoms with van der Waals surface area (Å²) in [5.74, 6) is 0.978.